The minimum absolute atomic E-state index is 0.238. The summed E-state index contributed by atoms with van der Waals surface area (Å²) in [5, 5.41) is 0.940. The summed E-state index contributed by atoms with van der Waals surface area (Å²) in [6.45, 7) is 2.26. The zero-order valence-corrected chi connectivity index (χ0v) is 12.1. The zero-order chi connectivity index (χ0) is 11.1. The molecule has 0 spiro atoms. The van der Waals surface area contributed by atoms with E-state index in [2.05, 4.69) is 6.92 Å². The highest BCUT2D eigenvalue weighted by Crippen LogP contribution is 2.50. The Morgan fingerprint density at radius 1 is 1.20 bits per heavy atom. The van der Waals surface area contributed by atoms with Crippen molar-refractivity contribution < 1.29 is 0 Å². The van der Waals surface area contributed by atoms with Crippen molar-refractivity contribution in [2.75, 3.05) is 0 Å². The van der Waals surface area contributed by atoms with E-state index < -0.39 is 0 Å². The normalized spacial score (nSPS) is 40.4. The fourth-order valence-corrected chi connectivity index (χ4v) is 4.71. The molecule has 15 heavy (non-hydrogen) atoms. The van der Waals surface area contributed by atoms with Crippen molar-refractivity contribution in [2.24, 2.45) is 11.8 Å². The Labute approximate surface area is 110 Å². The molecule has 2 aliphatic rings. The third kappa shape index (κ3) is 2.50. The summed E-state index contributed by atoms with van der Waals surface area (Å²) in [5.41, 5.74) is 0. The predicted molar refractivity (Wildman–Crippen MR) is 77.6 cm³/mol. The summed E-state index contributed by atoms with van der Waals surface area (Å²) in [6, 6.07) is 0. The van der Waals surface area contributed by atoms with Gasteiger partial charge in [-0.1, -0.05) is 13.3 Å². The molecule has 0 aliphatic heterocycles. The van der Waals surface area contributed by atoms with Gasteiger partial charge in [0, 0.05) is 15.2 Å². The summed E-state index contributed by atoms with van der Waals surface area (Å²) in [7, 11) is 0. The lowest BCUT2D eigenvalue weighted by molar-refractivity contribution is 0.397. The number of hydrogen-bond acceptors (Lipinski definition) is 3. The number of rotatable bonds is 4. The predicted octanol–water partition coefficient (Wildman–Crippen LogP) is 3.87. The third-order valence-corrected chi connectivity index (χ3v) is 6.83. The Morgan fingerprint density at radius 2 is 1.87 bits per heavy atom. The lowest BCUT2D eigenvalue weighted by Gasteiger charge is -2.35. The molecule has 2 fully saturated rings. The average Bonchev–Trinajstić information content (AvgIpc) is 3.00. The summed E-state index contributed by atoms with van der Waals surface area (Å²) in [5.74, 6) is 1.50. The van der Waals surface area contributed by atoms with E-state index in [4.69, 9.17) is 37.9 Å². The second-order valence-electron chi connectivity index (χ2n) is 5.27. The minimum atomic E-state index is 0.238. The zero-order valence-electron chi connectivity index (χ0n) is 9.39. The molecule has 0 saturated heterocycles. The van der Waals surface area contributed by atoms with Gasteiger partial charge < -0.3 is 0 Å². The van der Waals surface area contributed by atoms with Crippen LogP contribution in [0.3, 0.4) is 0 Å². The van der Waals surface area contributed by atoms with Crippen LogP contribution in [-0.4, -0.2) is 15.2 Å². The summed E-state index contributed by atoms with van der Waals surface area (Å²) >= 11 is 14.5. The first kappa shape index (κ1) is 12.5. The van der Waals surface area contributed by atoms with Crippen LogP contribution in [0.4, 0.5) is 0 Å². The summed E-state index contributed by atoms with van der Waals surface area (Å²) in [4.78, 5) is 0. The number of thiol groups is 3. The van der Waals surface area contributed by atoms with Gasteiger partial charge in [0.1, 0.15) is 0 Å². The molecule has 2 saturated carbocycles. The van der Waals surface area contributed by atoms with E-state index in [0.717, 1.165) is 5.92 Å². The lowest BCUT2D eigenvalue weighted by atomic mass is 9.87. The van der Waals surface area contributed by atoms with Crippen molar-refractivity contribution in [3.8, 4) is 0 Å². The molecule has 0 bridgehead atoms. The Bertz CT molecular complexity index is 227. The van der Waals surface area contributed by atoms with Crippen LogP contribution in [0.15, 0.2) is 0 Å². The van der Waals surface area contributed by atoms with Crippen molar-refractivity contribution in [1.82, 2.24) is 0 Å². The second-order valence-corrected chi connectivity index (χ2v) is 7.36. The third-order valence-electron chi connectivity index (χ3n) is 4.29. The first-order chi connectivity index (χ1) is 7.08. The van der Waals surface area contributed by atoms with E-state index in [0.29, 0.717) is 16.4 Å². The molecule has 0 N–H and O–H groups in total. The maximum Gasteiger partial charge on any atom is 0.0177 e. The molecule has 3 heteroatoms. The first-order valence-corrected chi connectivity index (χ1v) is 7.65. The van der Waals surface area contributed by atoms with E-state index in [9.17, 15) is 0 Å². The molecule has 0 aromatic carbocycles. The van der Waals surface area contributed by atoms with Gasteiger partial charge >= 0.3 is 0 Å². The Balaban J connectivity index is 2.01. The molecule has 0 radical (unpaired) electrons. The molecule has 2 aliphatic carbocycles. The van der Waals surface area contributed by atoms with Crippen LogP contribution in [0.2, 0.25) is 0 Å². The highest BCUT2D eigenvalue weighted by Gasteiger charge is 2.45. The van der Waals surface area contributed by atoms with Crippen molar-refractivity contribution in [3.05, 3.63) is 0 Å². The monoisotopic (exact) mass is 262 g/mol. The second kappa shape index (κ2) is 4.73. The Morgan fingerprint density at radius 3 is 2.40 bits per heavy atom. The average molecular weight is 263 g/mol. The molecule has 4 atom stereocenters. The van der Waals surface area contributed by atoms with E-state index in [1.165, 1.54) is 38.5 Å². The van der Waals surface area contributed by atoms with Gasteiger partial charge in [0.15, 0.2) is 0 Å². The molecule has 0 aromatic rings. The largest absolute Gasteiger partial charge is 0.174 e. The van der Waals surface area contributed by atoms with E-state index in [1.54, 1.807) is 0 Å². The van der Waals surface area contributed by atoms with E-state index in [-0.39, 0.29) is 4.75 Å². The van der Waals surface area contributed by atoms with Gasteiger partial charge in [0.25, 0.3) is 0 Å². The Hall–Kier alpha value is 1.05. The molecule has 0 aromatic heterocycles. The molecule has 0 nitrogen and oxygen atoms in total. The van der Waals surface area contributed by atoms with Crippen LogP contribution < -0.4 is 0 Å². The van der Waals surface area contributed by atoms with Crippen LogP contribution in [-0.2, 0) is 0 Å². The summed E-state index contributed by atoms with van der Waals surface area (Å²) < 4.78 is 0.238. The first-order valence-electron chi connectivity index (χ1n) is 6.17. The lowest BCUT2D eigenvalue weighted by Crippen LogP contribution is -2.37. The molecule has 88 valence electrons. The van der Waals surface area contributed by atoms with Crippen LogP contribution in [0.1, 0.15) is 45.4 Å². The van der Waals surface area contributed by atoms with Crippen molar-refractivity contribution in [3.63, 3.8) is 0 Å². The van der Waals surface area contributed by atoms with Crippen molar-refractivity contribution >= 4 is 37.9 Å². The topological polar surface area (TPSA) is 0 Å². The Kier molecular flexibility index (Phi) is 3.95. The van der Waals surface area contributed by atoms with Gasteiger partial charge in [-0.15, -0.1) is 0 Å². The smallest absolute Gasteiger partial charge is 0.0177 e. The fraction of sp³-hybridized carbons (Fsp3) is 1.00. The summed E-state index contributed by atoms with van der Waals surface area (Å²) in [6.07, 6.45) is 7.79. The maximum atomic E-state index is 4.92. The van der Waals surface area contributed by atoms with Crippen molar-refractivity contribution in [1.29, 1.82) is 0 Å². The molecule has 4 unspecified atom stereocenters. The van der Waals surface area contributed by atoms with Crippen LogP contribution in [0.5, 0.6) is 0 Å². The molecule has 0 heterocycles. The highest BCUT2D eigenvalue weighted by molar-refractivity contribution is 7.85. The molecular weight excluding hydrogens is 240 g/mol. The minimum Gasteiger partial charge on any atom is -0.174 e. The van der Waals surface area contributed by atoms with Gasteiger partial charge in [-0.2, -0.15) is 37.9 Å². The van der Waals surface area contributed by atoms with Gasteiger partial charge in [0.05, 0.1) is 0 Å². The van der Waals surface area contributed by atoms with Gasteiger partial charge in [-0.3, -0.25) is 0 Å². The van der Waals surface area contributed by atoms with Gasteiger partial charge in [-0.25, -0.2) is 0 Å². The van der Waals surface area contributed by atoms with Crippen LogP contribution in [0, 0.1) is 11.8 Å². The molecule has 0 amide bonds. The quantitative estimate of drug-likeness (QED) is 0.629. The fourth-order valence-electron chi connectivity index (χ4n) is 2.96. The molecular formula is C12H22S3. The van der Waals surface area contributed by atoms with Crippen molar-refractivity contribution in [2.45, 2.75) is 60.7 Å². The number of hydrogen-bond donors (Lipinski definition) is 3. The van der Waals surface area contributed by atoms with Gasteiger partial charge in [0.2, 0.25) is 0 Å². The van der Waals surface area contributed by atoms with E-state index >= 15 is 0 Å². The van der Waals surface area contributed by atoms with E-state index in [1.807, 2.05) is 0 Å². The maximum absolute atomic E-state index is 4.92. The van der Waals surface area contributed by atoms with Crippen LogP contribution >= 0.6 is 37.9 Å². The highest BCUT2D eigenvalue weighted by atomic mass is 32.1. The molecule has 2 rings (SSSR count). The standard InChI is InChI=1S/C12H22S3/c1-2-12(15)7-3-4-9(12)11(14)10(13)8-5-6-8/h8-11,13-15H,2-7H2,1H3. The van der Waals surface area contributed by atoms with Gasteiger partial charge in [-0.05, 0) is 43.9 Å². The SMILES string of the molecule is CCC1(S)CCCC1C(S)C(S)C1CC1. The van der Waals surface area contributed by atoms with Crippen LogP contribution in [0.25, 0.3) is 0 Å².